The third-order valence-corrected chi connectivity index (χ3v) is 5.73. The highest BCUT2D eigenvalue weighted by atomic mass is 19.4. The van der Waals surface area contributed by atoms with Crippen LogP contribution in [-0.2, 0) is 6.54 Å². The molecule has 0 radical (unpaired) electrons. The van der Waals surface area contributed by atoms with Crippen LogP contribution in [-0.4, -0.2) is 47.5 Å². The van der Waals surface area contributed by atoms with Crippen molar-refractivity contribution in [2.45, 2.75) is 32.1 Å². The molecular weight excluding hydrogens is 491 g/mol. The number of ether oxygens (including phenoxy) is 2. The van der Waals surface area contributed by atoms with E-state index in [-0.39, 0.29) is 28.6 Å². The number of benzene rings is 2. The Labute approximate surface area is 210 Å². The summed E-state index contributed by atoms with van der Waals surface area (Å²) in [6, 6.07) is 12.4. The molecule has 192 valence electrons. The van der Waals surface area contributed by atoms with Gasteiger partial charge in [-0.3, -0.25) is 14.3 Å². The third kappa shape index (κ3) is 5.50. The van der Waals surface area contributed by atoms with Crippen molar-refractivity contribution >= 4 is 23.2 Å². The largest absolute Gasteiger partial charge is 0.495 e. The van der Waals surface area contributed by atoms with Crippen LogP contribution in [0.1, 0.15) is 39.8 Å². The van der Waals surface area contributed by atoms with Gasteiger partial charge in [0.25, 0.3) is 11.8 Å². The molecule has 1 atom stereocenters. The number of anilines is 2. The number of amides is 2. The van der Waals surface area contributed by atoms with Crippen LogP contribution < -0.4 is 19.7 Å². The van der Waals surface area contributed by atoms with Crippen LogP contribution in [0.25, 0.3) is 0 Å². The van der Waals surface area contributed by atoms with E-state index < -0.39 is 31.0 Å². The summed E-state index contributed by atoms with van der Waals surface area (Å²) in [7, 11) is 1.43. The molecular formula is C25H22F3N5O4. The fourth-order valence-corrected chi connectivity index (χ4v) is 3.99. The van der Waals surface area contributed by atoms with Crippen molar-refractivity contribution in [1.29, 1.82) is 5.26 Å². The average Bonchev–Trinajstić information content (AvgIpc) is 3.28. The maximum Gasteiger partial charge on any atom is 0.392 e. The summed E-state index contributed by atoms with van der Waals surface area (Å²) in [4.78, 5) is 28.0. The summed E-state index contributed by atoms with van der Waals surface area (Å²) in [6.07, 6.45) is -4.07. The predicted octanol–water partition coefficient (Wildman–Crippen LogP) is 4.40. The predicted molar refractivity (Wildman–Crippen MR) is 127 cm³/mol. The Morgan fingerprint density at radius 2 is 1.97 bits per heavy atom. The number of halogens is 3. The van der Waals surface area contributed by atoms with Gasteiger partial charge in [0.2, 0.25) is 0 Å². The summed E-state index contributed by atoms with van der Waals surface area (Å²) in [5.74, 6) is -0.433. The van der Waals surface area contributed by atoms with Gasteiger partial charge in [-0.2, -0.15) is 23.5 Å². The minimum Gasteiger partial charge on any atom is -0.495 e. The van der Waals surface area contributed by atoms with Crippen LogP contribution in [0.2, 0.25) is 0 Å². The van der Waals surface area contributed by atoms with Gasteiger partial charge in [-0.15, -0.1) is 0 Å². The topological polar surface area (TPSA) is 109 Å². The molecule has 0 aliphatic carbocycles. The number of nitrogens with zero attached hydrogens (tertiary/aromatic N) is 4. The summed E-state index contributed by atoms with van der Waals surface area (Å²) < 4.78 is 48.7. The quantitative estimate of drug-likeness (QED) is 0.502. The minimum absolute atomic E-state index is 0.0586. The Hall–Kier alpha value is -4.53. The molecule has 2 amide bonds. The molecule has 0 saturated heterocycles. The number of methoxy groups -OCH3 is 1. The van der Waals surface area contributed by atoms with Crippen LogP contribution in [0.3, 0.4) is 0 Å². The molecule has 0 saturated carbocycles. The van der Waals surface area contributed by atoms with E-state index in [4.69, 9.17) is 9.47 Å². The maximum atomic E-state index is 13.5. The normalized spacial score (nSPS) is 15.1. The zero-order valence-corrected chi connectivity index (χ0v) is 19.9. The fourth-order valence-electron chi connectivity index (χ4n) is 3.99. The van der Waals surface area contributed by atoms with E-state index in [1.165, 1.54) is 41.1 Å². The van der Waals surface area contributed by atoms with E-state index >= 15 is 0 Å². The Kier molecular flexibility index (Phi) is 7.06. The number of alkyl halides is 3. The molecule has 2 aromatic carbocycles. The van der Waals surface area contributed by atoms with Gasteiger partial charge < -0.3 is 19.7 Å². The lowest BCUT2D eigenvalue weighted by molar-refractivity contribution is -0.139. The average molecular weight is 513 g/mol. The number of rotatable bonds is 7. The van der Waals surface area contributed by atoms with Gasteiger partial charge in [0, 0.05) is 11.4 Å². The van der Waals surface area contributed by atoms with Gasteiger partial charge in [0.1, 0.15) is 23.3 Å². The van der Waals surface area contributed by atoms with E-state index in [1.807, 2.05) is 13.0 Å². The molecule has 9 nitrogen and oxygen atoms in total. The Bertz CT molecular complexity index is 1360. The summed E-state index contributed by atoms with van der Waals surface area (Å²) in [5.41, 5.74) is 1.22. The number of carbonyl (C=O) groups excluding carboxylic acids is 2. The van der Waals surface area contributed by atoms with E-state index in [2.05, 4.69) is 10.4 Å². The highest BCUT2D eigenvalue weighted by Gasteiger charge is 2.36. The molecule has 3 aromatic rings. The molecule has 4 rings (SSSR count). The fraction of sp³-hybridized carbons (Fsp3) is 0.280. The van der Waals surface area contributed by atoms with Crippen LogP contribution in [0.5, 0.6) is 11.5 Å². The zero-order valence-electron chi connectivity index (χ0n) is 19.9. The number of nitrogens with one attached hydrogen (secondary N) is 1. The van der Waals surface area contributed by atoms with E-state index in [1.54, 1.807) is 24.3 Å². The SMILES string of the molecule is COc1ccc(NC(=O)c2cnn3c2C(=O)N(c2ccc(OCCC(F)(F)F)cc2)C(C)C3)cc1C#N. The number of nitriles is 1. The first-order chi connectivity index (χ1) is 17.6. The highest BCUT2D eigenvalue weighted by Crippen LogP contribution is 2.29. The lowest BCUT2D eigenvalue weighted by Crippen LogP contribution is -2.47. The van der Waals surface area contributed by atoms with Crippen molar-refractivity contribution in [3.05, 3.63) is 65.5 Å². The number of hydrogen-bond donors (Lipinski definition) is 1. The highest BCUT2D eigenvalue weighted by molar-refractivity contribution is 6.15. The molecule has 1 aliphatic heterocycles. The number of hydrogen-bond acceptors (Lipinski definition) is 6. The Morgan fingerprint density at radius 3 is 2.62 bits per heavy atom. The molecule has 12 heteroatoms. The smallest absolute Gasteiger partial charge is 0.392 e. The molecule has 1 aromatic heterocycles. The van der Waals surface area contributed by atoms with Gasteiger partial charge in [0.15, 0.2) is 0 Å². The van der Waals surface area contributed by atoms with Crippen LogP contribution >= 0.6 is 0 Å². The molecule has 0 fully saturated rings. The molecule has 0 bridgehead atoms. The summed E-state index contributed by atoms with van der Waals surface area (Å²) in [6.45, 7) is 1.62. The lowest BCUT2D eigenvalue weighted by Gasteiger charge is -2.34. The Morgan fingerprint density at radius 1 is 1.24 bits per heavy atom. The third-order valence-electron chi connectivity index (χ3n) is 5.73. The molecule has 1 aliphatic rings. The van der Waals surface area contributed by atoms with Gasteiger partial charge in [-0.25, -0.2) is 0 Å². The van der Waals surface area contributed by atoms with Crippen LogP contribution in [0, 0.1) is 11.3 Å². The van der Waals surface area contributed by atoms with Crippen molar-refractivity contribution in [3.8, 4) is 17.6 Å². The van der Waals surface area contributed by atoms with E-state index in [9.17, 15) is 28.0 Å². The summed E-state index contributed by atoms with van der Waals surface area (Å²) in [5, 5.41) is 16.2. The lowest BCUT2D eigenvalue weighted by atomic mass is 10.1. The van der Waals surface area contributed by atoms with Gasteiger partial charge in [0.05, 0.1) is 50.0 Å². The first kappa shape index (κ1) is 25.6. The Balaban J connectivity index is 1.53. The monoisotopic (exact) mass is 513 g/mol. The number of aromatic nitrogens is 2. The zero-order chi connectivity index (χ0) is 26.7. The van der Waals surface area contributed by atoms with Crippen molar-refractivity contribution in [2.75, 3.05) is 23.9 Å². The second-order valence-electron chi connectivity index (χ2n) is 8.30. The number of carbonyl (C=O) groups is 2. The number of fused-ring (bicyclic) bond motifs is 1. The van der Waals surface area contributed by atoms with Crippen molar-refractivity contribution < 1.29 is 32.2 Å². The summed E-state index contributed by atoms with van der Waals surface area (Å²) >= 11 is 0. The molecule has 0 spiro atoms. The van der Waals surface area contributed by atoms with E-state index in [0.29, 0.717) is 23.7 Å². The van der Waals surface area contributed by atoms with Crippen molar-refractivity contribution in [1.82, 2.24) is 9.78 Å². The van der Waals surface area contributed by atoms with E-state index in [0.717, 1.165) is 0 Å². The minimum atomic E-state index is -4.31. The van der Waals surface area contributed by atoms with Gasteiger partial charge >= 0.3 is 6.18 Å². The standard InChI is InChI=1S/C25H22F3N5O4/c1-15-14-32-22(20(13-30-32)23(34)31-17-3-8-21(36-2)16(11-17)12-29)24(35)33(15)18-4-6-19(7-5-18)37-10-9-25(26,27)28/h3-8,11,13,15H,9-10,14H2,1-2H3,(H,31,34). The first-order valence-electron chi connectivity index (χ1n) is 11.2. The van der Waals surface area contributed by atoms with Crippen molar-refractivity contribution in [2.24, 2.45) is 0 Å². The maximum absolute atomic E-state index is 13.5. The molecule has 37 heavy (non-hydrogen) atoms. The first-order valence-corrected chi connectivity index (χ1v) is 11.2. The molecule has 1 unspecified atom stereocenters. The van der Waals surface area contributed by atoms with Crippen LogP contribution in [0.15, 0.2) is 48.7 Å². The second kappa shape index (κ2) is 10.2. The van der Waals surface area contributed by atoms with Crippen LogP contribution in [0.4, 0.5) is 24.5 Å². The molecule has 1 N–H and O–H groups in total. The van der Waals surface area contributed by atoms with Crippen molar-refractivity contribution in [3.63, 3.8) is 0 Å². The van der Waals surface area contributed by atoms with Gasteiger partial charge in [-0.05, 0) is 49.4 Å². The molecule has 2 heterocycles. The second-order valence-corrected chi connectivity index (χ2v) is 8.30. The van der Waals surface area contributed by atoms with Gasteiger partial charge in [-0.1, -0.05) is 0 Å².